The molecule has 2 amide bonds. The van der Waals surface area contributed by atoms with Gasteiger partial charge in [-0.25, -0.2) is 0 Å². The highest BCUT2D eigenvalue weighted by Gasteiger charge is 2.66. The first kappa shape index (κ1) is 30.6. The number of ether oxygens (including phenoxy) is 1. The van der Waals surface area contributed by atoms with Crippen LogP contribution in [0, 0.1) is 5.92 Å². The fraction of sp³-hybridized carbons (Fsp3) is 0.613. The van der Waals surface area contributed by atoms with Gasteiger partial charge in [-0.1, -0.05) is 30.2 Å². The minimum atomic E-state index is -3.27. The molecule has 0 aromatic heterocycles. The van der Waals surface area contributed by atoms with Crippen molar-refractivity contribution in [3.05, 3.63) is 47.1 Å². The van der Waals surface area contributed by atoms with Crippen molar-refractivity contribution in [3.8, 4) is 0 Å². The minimum Gasteiger partial charge on any atom is -0.396 e. The van der Waals surface area contributed by atoms with Crippen LogP contribution < -0.4 is 15.5 Å². The van der Waals surface area contributed by atoms with Crippen molar-refractivity contribution in [2.75, 3.05) is 29.9 Å². The molecular weight excluding hydrogens is 525 g/mol. The molecule has 220 valence electrons. The van der Waals surface area contributed by atoms with Gasteiger partial charge in [-0.3, -0.25) is 9.59 Å². The summed E-state index contributed by atoms with van der Waals surface area (Å²) >= 11 is 0. The Hall–Kier alpha value is -2.33. The smallest absolute Gasteiger partial charge is 0.264 e. The average Bonchev–Trinajstić information content (AvgIpc) is 3.56. The largest absolute Gasteiger partial charge is 0.396 e. The fourth-order valence-corrected chi connectivity index (χ4v) is 9.32. The van der Waals surface area contributed by atoms with Crippen molar-refractivity contribution >= 4 is 31.6 Å². The van der Waals surface area contributed by atoms with Gasteiger partial charge in [0.15, 0.2) is 5.60 Å². The highest BCUT2D eigenvalue weighted by atomic mass is 28.4. The molecule has 0 saturated carbocycles. The Morgan fingerprint density at radius 1 is 1.30 bits per heavy atom. The zero-order valence-electron chi connectivity index (χ0n) is 24.9. The molecule has 2 fully saturated rings. The number of carbonyl (C=O) groups is 2. The number of carbonyl (C=O) groups excluding carboxylic acids is 2. The summed E-state index contributed by atoms with van der Waals surface area (Å²) in [5.74, 6) is -0.735. The topological polar surface area (TPSA) is 90.9 Å². The number of hydrogen-bond acceptors (Lipinski definition) is 5. The number of aliphatic hydroxyl groups is 1. The maximum atomic E-state index is 15.8. The number of aliphatic hydroxyl groups excluding tert-OH is 1. The summed E-state index contributed by atoms with van der Waals surface area (Å²) in [5.41, 5.74) is 2.63. The number of rotatable bonds is 10. The van der Waals surface area contributed by atoms with Gasteiger partial charge in [-0.2, -0.15) is 0 Å². The summed E-state index contributed by atoms with van der Waals surface area (Å²) in [4.78, 5) is 29.0. The van der Waals surface area contributed by atoms with Gasteiger partial charge in [0.25, 0.3) is 5.91 Å². The molecule has 1 aromatic carbocycles. The molecule has 40 heavy (non-hydrogen) atoms. The normalized spacial score (nSPS) is 28.4. The number of halogens is 1. The molecule has 2 saturated heterocycles. The quantitative estimate of drug-likeness (QED) is 0.194. The zero-order valence-corrected chi connectivity index (χ0v) is 25.9. The van der Waals surface area contributed by atoms with Gasteiger partial charge in [-0.15, -0.1) is 0 Å². The van der Waals surface area contributed by atoms with E-state index in [9.17, 15) is 14.7 Å². The third-order valence-corrected chi connectivity index (χ3v) is 11.2. The Kier molecular flexibility index (Phi) is 9.39. The highest BCUT2D eigenvalue weighted by molar-refractivity contribution is 6.72. The van der Waals surface area contributed by atoms with Crippen molar-refractivity contribution in [1.29, 1.82) is 0 Å². The number of benzene rings is 1. The number of hydrogen-bond donors (Lipinski definition) is 3. The summed E-state index contributed by atoms with van der Waals surface area (Å²) in [6.07, 6.45) is 7.58. The molecule has 3 heterocycles. The third-order valence-electron chi connectivity index (χ3n) is 8.73. The standard InChI is InChI=1S/C31H46FN3O4Si/c1-20(2)9-7-10-21(3)14-17-35-26-13-12-23(34-29(37)25-11-8-16-33-25)19-24(26)31(30(35)38)22(4)28(40(5,6)32)27(39-31)15-18-36/h9,12-14,19,22,25,27-28,33,36H,7-8,10-11,15-18H2,1-6H3,(H,34,37)/b21-14+/t22-,25-,27+,28-,31+/m1/s1. The second kappa shape index (κ2) is 12.3. The van der Waals surface area contributed by atoms with E-state index in [1.54, 1.807) is 18.0 Å². The molecule has 7 nitrogen and oxygen atoms in total. The predicted octanol–water partition coefficient (Wildman–Crippen LogP) is 5.57. The van der Waals surface area contributed by atoms with Crippen molar-refractivity contribution < 1.29 is 23.5 Å². The van der Waals surface area contributed by atoms with Crippen LogP contribution in [-0.4, -0.2) is 57.2 Å². The Morgan fingerprint density at radius 3 is 2.67 bits per heavy atom. The van der Waals surface area contributed by atoms with E-state index in [0.29, 0.717) is 17.8 Å². The van der Waals surface area contributed by atoms with Crippen molar-refractivity contribution in [3.63, 3.8) is 0 Å². The van der Waals surface area contributed by atoms with E-state index in [2.05, 4.69) is 43.6 Å². The lowest BCUT2D eigenvalue weighted by Gasteiger charge is -2.31. The van der Waals surface area contributed by atoms with Crippen LogP contribution in [0.15, 0.2) is 41.5 Å². The average molecular weight is 572 g/mol. The molecule has 0 aliphatic carbocycles. The van der Waals surface area contributed by atoms with Crippen molar-refractivity contribution in [2.45, 2.75) is 96.2 Å². The lowest BCUT2D eigenvalue weighted by Crippen LogP contribution is -2.45. The summed E-state index contributed by atoms with van der Waals surface area (Å²) < 4.78 is 22.4. The maximum absolute atomic E-state index is 15.8. The molecule has 9 heteroatoms. The monoisotopic (exact) mass is 571 g/mol. The number of fused-ring (bicyclic) bond motifs is 2. The van der Waals surface area contributed by atoms with Crippen LogP contribution in [-0.2, 0) is 19.9 Å². The van der Waals surface area contributed by atoms with Crippen molar-refractivity contribution in [1.82, 2.24) is 5.32 Å². The Balaban J connectivity index is 1.72. The van der Waals surface area contributed by atoms with Crippen LogP contribution >= 0.6 is 0 Å². The lowest BCUT2D eigenvalue weighted by atomic mass is 9.82. The van der Waals surface area contributed by atoms with Gasteiger partial charge in [0, 0.05) is 35.9 Å². The van der Waals surface area contributed by atoms with Crippen LogP contribution in [0.2, 0.25) is 18.6 Å². The number of nitrogens with one attached hydrogen (secondary N) is 2. The fourth-order valence-electron chi connectivity index (χ4n) is 6.78. The summed E-state index contributed by atoms with van der Waals surface area (Å²) in [5, 5.41) is 16.0. The van der Waals surface area contributed by atoms with Crippen LogP contribution in [0.4, 0.5) is 15.5 Å². The van der Waals surface area contributed by atoms with Crippen LogP contribution in [0.25, 0.3) is 0 Å². The first-order chi connectivity index (χ1) is 18.9. The first-order valence-electron chi connectivity index (χ1n) is 14.7. The molecule has 3 aliphatic heterocycles. The van der Waals surface area contributed by atoms with E-state index < -0.39 is 31.6 Å². The van der Waals surface area contributed by atoms with Gasteiger partial charge >= 0.3 is 0 Å². The number of amides is 2. The van der Waals surface area contributed by atoms with Crippen LogP contribution in [0.5, 0.6) is 0 Å². The summed E-state index contributed by atoms with van der Waals surface area (Å²) in [7, 11) is -3.27. The van der Waals surface area contributed by atoms with E-state index in [0.717, 1.165) is 37.9 Å². The number of nitrogens with zero attached hydrogens (tertiary/aromatic N) is 1. The SMILES string of the molecule is CC(C)=CCC/C(C)=C/CN1C(=O)[C@@]2(O[C@@H](CCO)[C@H]([Si](C)(C)F)[C@H]2C)c2cc(NC(=O)[C@H]3CCCN3)ccc21. The molecular formula is C31H46FN3O4Si. The van der Waals surface area contributed by atoms with E-state index in [4.69, 9.17) is 4.74 Å². The number of allylic oxidation sites excluding steroid dienone is 3. The molecule has 1 spiro atoms. The Labute approximate surface area is 239 Å². The van der Waals surface area contributed by atoms with Crippen LogP contribution in [0.1, 0.15) is 65.4 Å². The molecule has 4 rings (SSSR count). The molecule has 0 bridgehead atoms. The van der Waals surface area contributed by atoms with Gasteiger partial charge < -0.3 is 29.5 Å². The molecule has 0 radical (unpaired) electrons. The third kappa shape index (κ3) is 5.98. The second-order valence-corrected chi connectivity index (χ2v) is 16.2. The van der Waals surface area contributed by atoms with E-state index in [1.807, 2.05) is 25.1 Å². The molecule has 3 N–H and O–H groups in total. The van der Waals surface area contributed by atoms with Crippen LogP contribution in [0.3, 0.4) is 0 Å². The molecule has 3 aliphatic rings. The van der Waals surface area contributed by atoms with Gasteiger partial charge in [0.2, 0.25) is 14.3 Å². The summed E-state index contributed by atoms with van der Waals surface area (Å²) in [6, 6.07) is 5.30. The molecule has 1 aromatic rings. The number of anilines is 2. The van der Waals surface area contributed by atoms with Gasteiger partial charge in [0.05, 0.1) is 17.8 Å². The Bertz CT molecular complexity index is 1170. The van der Waals surface area contributed by atoms with E-state index >= 15 is 4.11 Å². The van der Waals surface area contributed by atoms with Crippen molar-refractivity contribution in [2.24, 2.45) is 5.92 Å². The van der Waals surface area contributed by atoms with Gasteiger partial charge in [-0.05, 0) is 90.7 Å². The lowest BCUT2D eigenvalue weighted by molar-refractivity contribution is -0.146. The summed E-state index contributed by atoms with van der Waals surface area (Å²) in [6.45, 7) is 12.5. The predicted molar refractivity (Wildman–Crippen MR) is 161 cm³/mol. The first-order valence-corrected chi connectivity index (χ1v) is 17.6. The van der Waals surface area contributed by atoms with E-state index in [-0.39, 0.29) is 30.9 Å². The Morgan fingerprint density at radius 2 is 2.05 bits per heavy atom. The van der Waals surface area contributed by atoms with E-state index in [1.165, 1.54) is 11.1 Å². The minimum absolute atomic E-state index is 0.101. The molecule has 0 unspecified atom stereocenters. The van der Waals surface area contributed by atoms with Gasteiger partial charge in [0.1, 0.15) is 0 Å². The maximum Gasteiger partial charge on any atom is 0.264 e. The zero-order chi connectivity index (χ0) is 29.2. The molecule has 5 atom stereocenters. The second-order valence-electron chi connectivity index (χ2n) is 12.4. The highest BCUT2D eigenvalue weighted by Crippen LogP contribution is 2.60.